The van der Waals surface area contributed by atoms with Crippen LogP contribution in [0.4, 0.5) is 5.69 Å². The van der Waals surface area contributed by atoms with E-state index in [2.05, 4.69) is 6.07 Å². The number of carbonyl (C=O) groups is 4. The second kappa shape index (κ2) is 9.09. The number of nitriles is 1. The van der Waals surface area contributed by atoms with E-state index >= 15 is 0 Å². The standard InChI is InChI=1S/C28H18N2O7/c1-15(31)35-21-11-12-22(36-16(2)32)24-23(21)26(33)25-28(27(24)34)37-20-6-4-3-5-18(20)14-30(25)19-9-7-17(13-29)8-10-19/h3-12H,14H2,1-2H3. The molecule has 0 unspecified atom stereocenters. The molecule has 0 saturated heterocycles. The Labute approximate surface area is 211 Å². The summed E-state index contributed by atoms with van der Waals surface area (Å²) in [5.41, 5.74) is 1.12. The van der Waals surface area contributed by atoms with E-state index in [0.717, 1.165) is 6.92 Å². The van der Waals surface area contributed by atoms with Crippen LogP contribution >= 0.6 is 0 Å². The average molecular weight is 494 g/mol. The highest BCUT2D eigenvalue weighted by atomic mass is 16.5. The number of ether oxygens (including phenoxy) is 3. The molecule has 0 N–H and O–H groups in total. The van der Waals surface area contributed by atoms with Crippen LogP contribution in [0.1, 0.15) is 45.7 Å². The molecule has 2 aliphatic rings. The van der Waals surface area contributed by atoms with Crippen LogP contribution in [0.15, 0.2) is 72.1 Å². The van der Waals surface area contributed by atoms with E-state index in [-0.39, 0.29) is 40.6 Å². The van der Waals surface area contributed by atoms with Crippen molar-refractivity contribution < 1.29 is 33.4 Å². The number of anilines is 1. The van der Waals surface area contributed by atoms with Crippen molar-refractivity contribution in [1.82, 2.24) is 0 Å². The number of rotatable bonds is 3. The van der Waals surface area contributed by atoms with Crippen LogP contribution in [0, 0.1) is 11.3 Å². The van der Waals surface area contributed by atoms with Gasteiger partial charge in [0.05, 0.1) is 29.3 Å². The van der Waals surface area contributed by atoms with Gasteiger partial charge in [-0.1, -0.05) is 18.2 Å². The van der Waals surface area contributed by atoms with Crippen LogP contribution in [0.2, 0.25) is 0 Å². The van der Waals surface area contributed by atoms with Crippen LogP contribution in [0.5, 0.6) is 17.2 Å². The lowest BCUT2D eigenvalue weighted by Crippen LogP contribution is -2.35. The van der Waals surface area contributed by atoms with E-state index in [1.54, 1.807) is 53.4 Å². The van der Waals surface area contributed by atoms with Crippen LogP contribution in [0.25, 0.3) is 0 Å². The van der Waals surface area contributed by atoms with E-state index in [1.807, 2.05) is 0 Å². The molecule has 9 nitrogen and oxygen atoms in total. The molecular weight excluding hydrogens is 476 g/mol. The van der Waals surface area contributed by atoms with E-state index < -0.39 is 23.5 Å². The number of allylic oxidation sites excluding steroid dienone is 2. The maximum Gasteiger partial charge on any atom is 0.308 e. The normalized spacial score (nSPS) is 13.9. The summed E-state index contributed by atoms with van der Waals surface area (Å²) in [7, 11) is 0. The zero-order valence-corrected chi connectivity index (χ0v) is 19.7. The number of esters is 2. The molecule has 3 aromatic carbocycles. The largest absolute Gasteiger partial charge is 0.450 e. The predicted molar refractivity (Wildman–Crippen MR) is 129 cm³/mol. The van der Waals surface area contributed by atoms with Gasteiger partial charge in [0.25, 0.3) is 0 Å². The van der Waals surface area contributed by atoms with E-state index in [0.29, 0.717) is 22.6 Å². The Kier molecular flexibility index (Phi) is 5.78. The molecule has 0 amide bonds. The Hall–Kier alpha value is -5.23. The van der Waals surface area contributed by atoms with Crippen molar-refractivity contribution in [2.45, 2.75) is 20.4 Å². The van der Waals surface area contributed by atoms with Gasteiger partial charge < -0.3 is 19.1 Å². The van der Waals surface area contributed by atoms with Crippen LogP contribution in [-0.4, -0.2) is 23.5 Å². The maximum atomic E-state index is 14.1. The first-order chi connectivity index (χ1) is 17.8. The number of benzene rings is 3. The Morgan fingerprint density at radius 3 is 2.05 bits per heavy atom. The fourth-order valence-corrected chi connectivity index (χ4v) is 4.31. The molecule has 0 saturated carbocycles. The minimum atomic E-state index is -0.717. The van der Waals surface area contributed by atoms with Gasteiger partial charge in [0.15, 0.2) is 0 Å². The number of para-hydroxylation sites is 1. The van der Waals surface area contributed by atoms with Gasteiger partial charge in [-0.2, -0.15) is 5.26 Å². The molecule has 5 rings (SSSR count). The van der Waals surface area contributed by atoms with Gasteiger partial charge in [0.1, 0.15) is 22.9 Å². The number of hydrogen-bond donors (Lipinski definition) is 0. The highest BCUT2D eigenvalue weighted by molar-refractivity contribution is 6.29. The van der Waals surface area contributed by atoms with Crippen LogP contribution < -0.4 is 19.1 Å². The average Bonchev–Trinajstić information content (AvgIpc) is 3.05. The smallest absolute Gasteiger partial charge is 0.308 e. The quantitative estimate of drug-likeness (QED) is 0.391. The minimum absolute atomic E-state index is 0.0771. The predicted octanol–water partition coefficient (Wildman–Crippen LogP) is 4.10. The summed E-state index contributed by atoms with van der Waals surface area (Å²) in [6, 6.07) is 18.2. The summed E-state index contributed by atoms with van der Waals surface area (Å²) in [5, 5.41) is 9.21. The van der Waals surface area contributed by atoms with Gasteiger partial charge in [-0.3, -0.25) is 19.2 Å². The first-order valence-corrected chi connectivity index (χ1v) is 11.2. The number of hydrogen-bond acceptors (Lipinski definition) is 9. The summed E-state index contributed by atoms with van der Waals surface area (Å²) < 4.78 is 16.5. The first kappa shape index (κ1) is 23.5. The molecule has 3 aromatic rings. The minimum Gasteiger partial charge on any atom is -0.450 e. The number of ketones is 2. The molecule has 0 fully saturated rings. The van der Waals surface area contributed by atoms with Crippen LogP contribution in [0.3, 0.4) is 0 Å². The summed E-state index contributed by atoms with van der Waals surface area (Å²) in [6.45, 7) is 2.50. The third-order valence-corrected chi connectivity index (χ3v) is 5.82. The molecule has 37 heavy (non-hydrogen) atoms. The Morgan fingerprint density at radius 2 is 1.46 bits per heavy atom. The highest BCUT2D eigenvalue weighted by Crippen LogP contribution is 2.43. The lowest BCUT2D eigenvalue weighted by atomic mass is 9.88. The SMILES string of the molecule is CC(=O)Oc1ccc(OC(C)=O)c2c1C(=O)C1=C(C2=O)N(c2ccc(C#N)cc2)Cc2ccccc2O1. The molecule has 9 heteroatoms. The Morgan fingerprint density at radius 1 is 0.865 bits per heavy atom. The number of carbonyl (C=O) groups excluding carboxylic acids is 4. The van der Waals surface area contributed by atoms with Crippen molar-refractivity contribution in [3.05, 3.63) is 94.4 Å². The molecule has 1 aliphatic heterocycles. The fraction of sp³-hybridized carbons (Fsp3) is 0.107. The first-order valence-electron chi connectivity index (χ1n) is 11.2. The van der Waals surface area contributed by atoms with Crippen molar-refractivity contribution >= 4 is 29.2 Å². The maximum absolute atomic E-state index is 14.1. The van der Waals surface area contributed by atoms with Crippen molar-refractivity contribution in [2.24, 2.45) is 0 Å². The third-order valence-electron chi connectivity index (χ3n) is 5.82. The van der Waals surface area contributed by atoms with E-state index in [1.165, 1.54) is 19.1 Å². The zero-order chi connectivity index (χ0) is 26.3. The lowest BCUT2D eigenvalue weighted by Gasteiger charge is -2.29. The Balaban J connectivity index is 1.77. The highest BCUT2D eigenvalue weighted by Gasteiger charge is 2.43. The van der Waals surface area contributed by atoms with E-state index in [4.69, 9.17) is 14.2 Å². The Bertz CT molecular complexity index is 1580. The molecule has 0 atom stereocenters. The molecule has 0 radical (unpaired) electrons. The molecular formula is C28H18N2O7. The van der Waals surface area contributed by atoms with Crippen molar-refractivity contribution in [3.8, 4) is 23.3 Å². The molecule has 1 aliphatic carbocycles. The van der Waals surface area contributed by atoms with Gasteiger partial charge in [-0.15, -0.1) is 0 Å². The second-order valence-electron chi connectivity index (χ2n) is 8.29. The lowest BCUT2D eigenvalue weighted by molar-refractivity contribution is -0.133. The number of fused-ring (bicyclic) bond motifs is 2. The van der Waals surface area contributed by atoms with Crippen molar-refractivity contribution in [1.29, 1.82) is 5.26 Å². The van der Waals surface area contributed by atoms with Gasteiger partial charge in [0.2, 0.25) is 17.3 Å². The van der Waals surface area contributed by atoms with Crippen LogP contribution in [-0.2, 0) is 16.1 Å². The molecule has 0 spiro atoms. The summed E-state index contributed by atoms with van der Waals surface area (Å²) >= 11 is 0. The number of Topliss-reactive ketones (excluding diaryl/α,β-unsaturated/α-hetero) is 2. The molecule has 1 heterocycles. The van der Waals surface area contributed by atoms with Crippen molar-refractivity contribution in [3.63, 3.8) is 0 Å². The van der Waals surface area contributed by atoms with E-state index in [9.17, 15) is 24.4 Å². The summed E-state index contributed by atoms with van der Waals surface area (Å²) in [5.74, 6) is -2.97. The van der Waals surface area contributed by atoms with Gasteiger partial charge in [0, 0.05) is 25.1 Å². The monoisotopic (exact) mass is 494 g/mol. The molecule has 0 aromatic heterocycles. The second-order valence-corrected chi connectivity index (χ2v) is 8.29. The third kappa shape index (κ3) is 4.10. The van der Waals surface area contributed by atoms with Gasteiger partial charge >= 0.3 is 11.9 Å². The summed E-state index contributed by atoms with van der Waals surface area (Å²) in [4.78, 5) is 53.3. The zero-order valence-electron chi connectivity index (χ0n) is 19.7. The molecule has 0 bridgehead atoms. The fourth-order valence-electron chi connectivity index (χ4n) is 4.31. The number of nitrogens with zero attached hydrogens (tertiary/aromatic N) is 2. The van der Waals surface area contributed by atoms with Gasteiger partial charge in [-0.25, -0.2) is 0 Å². The molecule has 182 valence electrons. The van der Waals surface area contributed by atoms with Crippen molar-refractivity contribution in [2.75, 3.05) is 4.90 Å². The topological polar surface area (TPSA) is 123 Å². The van der Waals surface area contributed by atoms with Gasteiger partial charge in [-0.05, 0) is 42.5 Å². The summed E-state index contributed by atoms with van der Waals surface area (Å²) in [6.07, 6.45) is 0.